The van der Waals surface area contributed by atoms with Gasteiger partial charge < -0.3 is 15.4 Å². The molecular formula is C11H20N2O2. The van der Waals surface area contributed by atoms with E-state index in [0.29, 0.717) is 19.1 Å². The van der Waals surface area contributed by atoms with Crippen LogP contribution < -0.4 is 10.6 Å². The van der Waals surface area contributed by atoms with Gasteiger partial charge in [-0.25, -0.2) is 0 Å². The average Bonchev–Trinajstić information content (AvgIpc) is 2.58. The summed E-state index contributed by atoms with van der Waals surface area (Å²) in [6.07, 6.45) is 1.83. The molecule has 0 radical (unpaired) electrons. The highest BCUT2D eigenvalue weighted by atomic mass is 16.5. The highest BCUT2D eigenvalue weighted by Gasteiger charge is 2.44. The normalized spacial score (nSPS) is 37.0. The van der Waals surface area contributed by atoms with E-state index in [-0.39, 0.29) is 11.9 Å². The molecule has 1 amide bonds. The maximum absolute atomic E-state index is 12.1. The molecule has 2 heterocycles. The molecule has 0 unspecified atom stereocenters. The van der Waals surface area contributed by atoms with Crippen LogP contribution >= 0.6 is 0 Å². The summed E-state index contributed by atoms with van der Waals surface area (Å²) in [6.45, 7) is 6.46. The van der Waals surface area contributed by atoms with Crippen molar-refractivity contribution in [2.24, 2.45) is 5.92 Å². The van der Waals surface area contributed by atoms with Crippen LogP contribution in [0.25, 0.3) is 0 Å². The fraction of sp³-hybridized carbons (Fsp3) is 0.909. The van der Waals surface area contributed by atoms with Crippen LogP contribution in [0.5, 0.6) is 0 Å². The number of ether oxygens (including phenoxy) is 1. The number of amides is 1. The van der Waals surface area contributed by atoms with Gasteiger partial charge in [-0.3, -0.25) is 4.79 Å². The Labute approximate surface area is 90.8 Å². The van der Waals surface area contributed by atoms with E-state index in [2.05, 4.69) is 24.5 Å². The largest absolute Gasteiger partial charge is 0.364 e. The Bertz CT molecular complexity index is 247. The molecule has 2 saturated heterocycles. The van der Waals surface area contributed by atoms with Crippen molar-refractivity contribution in [1.82, 2.24) is 10.6 Å². The molecule has 2 fully saturated rings. The lowest BCUT2D eigenvalue weighted by atomic mass is 9.99. The summed E-state index contributed by atoms with van der Waals surface area (Å²) < 4.78 is 5.63. The van der Waals surface area contributed by atoms with Crippen LogP contribution in [0.2, 0.25) is 0 Å². The molecule has 0 aromatic heterocycles. The van der Waals surface area contributed by atoms with Gasteiger partial charge in [0.05, 0.1) is 0 Å². The molecule has 0 aromatic carbocycles. The predicted molar refractivity (Wildman–Crippen MR) is 57.6 cm³/mol. The van der Waals surface area contributed by atoms with Crippen LogP contribution in [-0.2, 0) is 9.53 Å². The Morgan fingerprint density at radius 1 is 1.53 bits per heavy atom. The highest BCUT2D eigenvalue weighted by Crippen LogP contribution is 2.26. The average molecular weight is 212 g/mol. The topological polar surface area (TPSA) is 50.4 Å². The quantitative estimate of drug-likeness (QED) is 0.656. The SMILES string of the molecule is CC(C)[C@H]1CNC[C@]2(CCCO2)C(=O)N1. The standard InChI is InChI=1S/C11H20N2O2/c1-8(2)9-6-12-7-11(10(14)13-9)4-3-5-15-11/h8-9,12H,3-7H2,1-2H3,(H,13,14)/t9-,11-/m1/s1. The first kappa shape index (κ1) is 10.9. The summed E-state index contributed by atoms with van der Waals surface area (Å²) >= 11 is 0. The lowest BCUT2D eigenvalue weighted by Crippen LogP contribution is -2.51. The third-order valence-electron chi connectivity index (χ3n) is 3.41. The molecule has 0 bridgehead atoms. The van der Waals surface area contributed by atoms with E-state index in [1.807, 2.05) is 0 Å². The molecule has 0 aliphatic carbocycles. The molecule has 2 N–H and O–H groups in total. The molecule has 4 nitrogen and oxygen atoms in total. The molecule has 0 aromatic rings. The Hall–Kier alpha value is -0.610. The van der Waals surface area contributed by atoms with Crippen molar-refractivity contribution < 1.29 is 9.53 Å². The molecule has 2 atom stereocenters. The summed E-state index contributed by atoms with van der Waals surface area (Å²) in [7, 11) is 0. The summed E-state index contributed by atoms with van der Waals surface area (Å²) in [6, 6.07) is 0.223. The van der Waals surface area contributed by atoms with Crippen molar-refractivity contribution in [2.45, 2.75) is 38.3 Å². The molecule has 2 aliphatic heterocycles. The van der Waals surface area contributed by atoms with Crippen molar-refractivity contribution in [1.29, 1.82) is 0 Å². The van der Waals surface area contributed by atoms with Gasteiger partial charge in [0, 0.05) is 25.7 Å². The van der Waals surface area contributed by atoms with Crippen molar-refractivity contribution in [3.8, 4) is 0 Å². The molecule has 1 spiro atoms. The Kier molecular flexibility index (Phi) is 2.98. The molecule has 2 rings (SSSR count). The molecule has 0 saturated carbocycles. The first-order chi connectivity index (χ1) is 7.14. The van der Waals surface area contributed by atoms with Crippen LogP contribution in [0.15, 0.2) is 0 Å². The molecule has 86 valence electrons. The van der Waals surface area contributed by atoms with Crippen molar-refractivity contribution in [2.75, 3.05) is 19.7 Å². The van der Waals surface area contributed by atoms with E-state index in [9.17, 15) is 4.79 Å². The molecule has 4 heteroatoms. The maximum Gasteiger partial charge on any atom is 0.253 e. The van der Waals surface area contributed by atoms with E-state index >= 15 is 0 Å². The maximum atomic E-state index is 12.1. The van der Waals surface area contributed by atoms with Gasteiger partial charge in [-0.15, -0.1) is 0 Å². The van der Waals surface area contributed by atoms with Crippen LogP contribution in [-0.4, -0.2) is 37.2 Å². The van der Waals surface area contributed by atoms with Crippen LogP contribution in [0.4, 0.5) is 0 Å². The van der Waals surface area contributed by atoms with Crippen LogP contribution in [0, 0.1) is 5.92 Å². The Morgan fingerprint density at radius 2 is 2.33 bits per heavy atom. The number of hydrogen-bond acceptors (Lipinski definition) is 3. The Morgan fingerprint density at radius 3 is 2.93 bits per heavy atom. The monoisotopic (exact) mass is 212 g/mol. The number of rotatable bonds is 1. The first-order valence-electron chi connectivity index (χ1n) is 5.80. The van der Waals surface area contributed by atoms with Crippen molar-refractivity contribution >= 4 is 5.91 Å². The van der Waals surface area contributed by atoms with Crippen molar-refractivity contribution in [3.63, 3.8) is 0 Å². The van der Waals surface area contributed by atoms with Crippen molar-refractivity contribution in [3.05, 3.63) is 0 Å². The van der Waals surface area contributed by atoms with Gasteiger partial charge in [0.15, 0.2) is 5.60 Å². The summed E-state index contributed by atoms with van der Waals surface area (Å²) in [5, 5.41) is 6.42. The highest BCUT2D eigenvalue weighted by molar-refractivity contribution is 5.86. The minimum absolute atomic E-state index is 0.0729. The zero-order chi connectivity index (χ0) is 10.9. The lowest BCUT2D eigenvalue weighted by molar-refractivity contribution is -0.140. The second-order valence-corrected chi connectivity index (χ2v) is 4.90. The third kappa shape index (κ3) is 2.01. The van der Waals surface area contributed by atoms with Gasteiger partial charge in [-0.1, -0.05) is 13.8 Å². The number of hydrogen-bond donors (Lipinski definition) is 2. The van der Waals surface area contributed by atoms with Gasteiger partial charge in [-0.05, 0) is 18.8 Å². The Balaban J connectivity index is 2.09. The van der Waals surface area contributed by atoms with Gasteiger partial charge in [0.1, 0.15) is 0 Å². The number of carbonyl (C=O) groups is 1. The summed E-state index contributed by atoms with van der Waals surface area (Å²) in [5.74, 6) is 0.529. The van der Waals surface area contributed by atoms with E-state index in [4.69, 9.17) is 4.74 Å². The fourth-order valence-corrected chi connectivity index (χ4v) is 2.28. The third-order valence-corrected chi connectivity index (χ3v) is 3.41. The van der Waals surface area contributed by atoms with Crippen LogP contribution in [0.1, 0.15) is 26.7 Å². The minimum atomic E-state index is -0.580. The summed E-state index contributed by atoms with van der Waals surface area (Å²) in [4.78, 5) is 12.1. The van der Waals surface area contributed by atoms with E-state index in [0.717, 1.165) is 19.4 Å². The second kappa shape index (κ2) is 4.10. The van der Waals surface area contributed by atoms with Gasteiger partial charge >= 0.3 is 0 Å². The second-order valence-electron chi connectivity index (χ2n) is 4.90. The zero-order valence-corrected chi connectivity index (χ0v) is 9.51. The minimum Gasteiger partial charge on any atom is -0.364 e. The predicted octanol–water partition coefficient (Wildman–Crippen LogP) is 0.280. The zero-order valence-electron chi connectivity index (χ0n) is 9.51. The summed E-state index contributed by atoms with van der Waals surface area (Å²) in [5.41, 5.74) is -0.580. The number of carbonyl (C=O) groups excluding carboxylic acids is 1. The fourth-order valence-electron chi connectivity index (χ4n) is 2.28. The first-order valence-corrected chi connectivity index (χ1v) is 5.80. The van der Waals surface area contributed by atoms with E-state index < -0.39 is 5.60 Å². The van der Waals surface area contributed by atoms with Gasteiger partial charge in [0.2, 0.25) is 0 Å². The lowest BCUT2D eigenvalue weighted by Gasteiger charge is -2.25. The van der Waals surface area contributed by atoms with Gasteiger partial charge in [0.25, 0.3) is 5.91 Å². The smallest absolute Gasteiger partial charge is 0.253 e. The van der Waals surface area contributed by atoms with Crippen LogP contribution in [0.3, 0.4) is 0 Å². The van der Waals surface area contributed by atoms with Gasteiger partial charge in [-0.2, -0.15) is 0 Å². The van der Waals surface area contributed by atoms with E-state index in [1.54, 1.807) is 0 Å². The molecular weight excluding hydrogens is 192 g/mol. The number of nitrogens with one attached hydrogen (secondary N) is 2. The van der Waals surface area contributed by atoms with E-state index in [1.165, 1.54) is 0 Å². The molecule has 2 aliphatic rings. The molecule has 15 heavy (non-hydrogen) atoms.